The van der Waals surface area contributed by atoms with Gasteiger partial charge in [0.1, 0.15) is 5.58 Å². The maximum absolute atomic E-state index is 12.6. The highest BCUT2D eigenvalue weighted by Gasteiger charge is 2.21. The minimum atomic E-state index is -0.961. The lowest BCUT2D eigenvalue weighted by atomic mass is 10.1. The van der Waals surface area contributed by atoms with Crippen molar-refractivity contribution in [3.05, 3.63) is 107 Å². The monoisotopic (exact) mass is 425 g/mol. The van der Waals surface area contributed by atoms with Crippen molar-refractivity contribution in [3.63, 3.8) is 0 Å². The van der Waals surface area contributed by atoms with E-state index in [0.717, 1.165) is 27.9 Å². The molecule has 0 atom stereocenters. The van der Waals surface area contributed by atoms with Gasteiger partial charge in [0.05, 0.1) is 22.5 Å². The van der Waals surface area contributed by atoms with Crippen LogP contribution in [0.1, 0.15) is 15.9 Å². The van der Waals surface area contributed by atoms with Crippen LogP contribution in [0, 0.1) is 0 Å². The number of benzene rings is 3. The summed E-state index contributed by atoms with van der Waals surface area (Å²) in [6.07, 6.45) is 1.90. The molecule has 5 rings (SSSR count). The minimum absolute atomic E-state index is 0.233. The third kappa shape index (κ3) is 3.45. The fourth-order valence-electron chi connectivity index (χ4n) is 3.70. The van der Waals surface area contributed by atoms with Gasteiger partial charge in [0, 0.05) is 30.3 Å². The van der Waals surface area contributed by atoms with Crippen LogP contribution in [0.3, 0.4) is 0 Å². The third-order valence-corrected chi connectivity index (χ3v) is 5.35. The molecule has 0 saturated carbocycles. The largest absolute Gasteiger partial charge is 0.478 e. The summed E-state index contributed by atoms with van der Waals surface area (Å²) in [5.74, 6) is -0.961. The second-order valence-electron chi connectivity index (χ2n) is 7.46. The first-order valence-corrected chi connectivity index (χ1v) is 9.98. The summed E-state index contributed by atoms with van der Waals surface area (Å²) >= 11 is 0. The number of nitrogens with zero attached hydrogens (tertiary/aromatic N) is 2. The number of carboxylic acid groups (broad SMARTS) is 1. The Bertz CT molecular complexity index is 1410. The third-order valence-electron chi connectivity index (χ3n) is 5.35. The smallest absolute Gasteiger partial charge is 0.344 e. The second-order valence-corrected chi connectivity index (χ2v) is 7.46. The molecule has 1 aliphatic heterocycles. The molecule has 3 aromatic carbocycles. The zero-order valence-corrected chi connectivity index (χ0v) is 17.1. The maximum Gasteiger partial charge on any atom is 0.344 e. The quantitative estimate of drug-likeness (QED) is 0.471. The molecule has 0 aliphatic carbocycles. The van der Waals surface area contributed by atoms with E-state index in [1.165, 1.54) is 0 Å². The van der Waals surface area contributed by atoms with E-state index in [1.54, 1.807) is 30.3 Å². The van der Waals surface area contributed by atoms with Crippen molar-refractivity contribution >= 4 is 28.3 Å². The average Bonchev–Trinajstić information content (AvgIpc) is 3.20. The van der Waals surface area contributed by atoms with Crippen LogP contribution in [0.4, 0.5) is 5.69 Å². The van der Waals surface area contributed by atoms with Crippen molar-refractivity contribution < 1.29 is 14.3 Å². The lowest BCUT2D eigenvalue weighted by molar-refractivity contribution is 0.0697. The number of rotatable bonds is 4. The number of hydrogen-bond acceptors (Lipinski definition) is 6. The van der Waals surface area contributed by atoms with Crippen molar-refractivity contribution in [1.29, 1.82) is 0 Å². The average molecular weight is 425 g/mol. The topological polar surface area (TPSA) is 86.0 Å². The van der Waals surface area contributed by atoms with Crippen LogP contribution in [0.25, 0.3) is 27.8 Å². The lowest BCUT2D eigenvalue weighted by Crippen LogP contribution is -2.40. The van der Waals surface area contributed by atoms with Gasteiger partial charge in [0.15, 0.2) is 0 Å². The van der Waals surface area contributed by atoms with Gasteiger partial charge < -0.3 is 9.52 Å². The molecule has 32 heavy (non-hydrogen) atoms. The summed E-state index contributed by atoms with van der Waals surface area (Å²) in [7, 11) is 1.88. The molecule has 4 aromatic rings. The molecule has 7 nitrogen and oxygen atoms in total. The van der Waals surface area contributed by atoms with Gasteiger partial charge in [-0.2, -0.15) is 5.12 Å². The van der Waals surface area contributed by atoms with E-state index in [4.69, 9.17) is 9.52 Å². The van der Waals surface area contributed by atoms with E-state index in [9.17, 15) is 9.59 Å². The van der Waals surface area contributed by atoms with E-state index >= 15 is 0 Å². The molecule has 158 valence electrons. The summed E-state index contributed by atoms with van der Waals surface area (Å²) in [6.45, 7) is 0. The molecule has 1 aromatic heterocycles. The van der Waals surface area contributed by atoms with Crippen LogP contribution >= 0.6 is 0 Å². The van der Waals surface area contributed by atoms with E-state index in [-0.39, 0.29) is 11.2 Å². The van der Waals surface area contributed by atoms with Crippen LogP contribution in [0.15, 0.2) is 94.3 Å². The van der Waals surface area contributed by atoms with E-state index in [1.807, 2.05) is 71.9 Å². The number of carboxylic acids is 1. The first-order chi connectivity index (χ1) is 15.5. The molecule has 0 radical (unpaired) electrons. The van der Waals surface area contributed by atoms with Crippen LogP contribution in [-0.4, -0.2) is 23.1 Å². The number of aromatic carboxylic acids is 1. The molecule has 7 heteroatoms. The first-order valence-electron chi connectivity index (χ1n) is 9.98. The highest BCUT2D eigenvalue weighted by atomic mass is 16.4. The Hall–Kier alpha value is -4.52. The van der Waals surface area contributed by atoms with Crippen molar-refractivity contribution in [2.75, 3.05) is 12.2 Å². The molecule has 0 bridgehead atoms. The molecular formula is C25H19N3O4. The number of hydrogen-bond donors (Lipinski definition) is 2. The SMILES string of the molecule is CN1C=C(c2ccc(C(=O)O)cc2)NN1c1ccc2cc(-c3ccccc3)c(=O)oc2c1. The fourth-order valence-corrected chi connectivity index (χ4v) is 3.70. The summed E-state index contributed by atoms with van der Waals surface area (Å²) < 4.78 is 5.63. The van der Waals surface area contributed by atoms with Gasteiger partial charge >= 0.3 is 11.6 Å². The Morgan fingerprint density at radius 2 is 1.69 bits per heavy atom. The molecule has 0 amide bonds. The van der Waals surface area contributed by atoms with Gasteiger partial charge in [-0.1, -0.05) is 42.5 Å². The van der Waals surface area contributed by atoms with Crippen LogP contribution in [0.2, 0.25) is 0 Å². The van der Waals surface area contributed by atoms with E-state index < -0.39 is 5.97 Å². The molecule has 0 fully saturated rings. The molecular weight excluding hydrogens is 406 g/mol. The Balaban J connectivity index is 1.44. The van der Waals surface area contributed by atoms with Gasteiger partial charge in [-0.3, -0.25) is 10.4 Å². The minimum Gasteiger partial charge on any atom is -0.478 e. The van der Waals surface area contributed by atoms with Crippen LogP contribution in [0.5, 0.6) is 0 Å². The van der Waals surface area contributed by atoms with Gasteiger partial charge in [-0.25, -0.2) is 9.59 Å². The zero-order chi connectivity index (χ0) is 22.2. The number of carbonyl (C=O) groups is 1. The van der Waals surface area contributed by atoms with Gasteiger partial charge in [-0.15, -0.1) is 0 Å². The fraction of sp³-hybridized carbons (Fsp3) is 0.0400. The Morgan fingerprint density at radius 3 is 2.41 bits per heavy atom. The lowest BCUT2D eigenvalue weighted by Gasteiger charge is -2.27. The second kappa shape index (κ2) is 7.63. The molecule has 0 spiro atoms. The van der Waals surface area contributed by atoms with Crippen molar-refractivity contribution in [2.45, 2.75) is 0 Å². The molecule has 0 saturated heterocycles. The summed E-state index contributed by atoms with van der Waals surface area (Å²) in [6, 6.07) is 23.6. The van der Waals surface area contributed by atoms with E-state index in [2.05, 4.69) is 5.43 Å². The van der Waals surface area contributed by atoms with Crippen molar-refractivity contribution in [1.82, 2.24) is 10.4 Å². The number of hydrazine groups is 2. The van der Waals surface area contributed by atoms with Crippen LogP contribution in [-0.2, 0) is 0 Å². The highest BCUT2D eigenvalue weighted by molar-refractivity contribution is 5.88. The van der Waals surface area contributed by atoms with Gasteiger partial charge in [-0.05, 0) is 35.9 Å². The van der Waals surface area contributed by atoms with E-state index in [0.29, 0.717) is 11.1 Å². The predicted octanol–water partition coefficient (Wildman–Crippen LogP) is 4.33. The first kappa shape index (κ1) is 19.4. The normalized spacial score (nSPS) is 13.2. The molecule has 0 unspecified atom stereocenters. The molecule has 2 heterocycles. The number of nitrogens with one attached hydrogen (secondary N) is 1. The van der Waals surface area contributed by atoms with Gasteiger partial charge in [0.25, 0.3) is 0 Å². The highest BCUT2D eigenvalue weighted by Crippen LogP contribution is 2.28. The van der Waals surface area contributed by atoms with Crippen molar-refractivity contribution in [2.24, 2.45) is 0 Å². The summed E-state index contributed by atoms with van der Waals surface area (Å²) in [5, 5.41) is 13.6. The standard InChI is InChI=1S/C25H19N3O4/c1-27-15-22(17-7-9-18(10-8-17)24(29)30)26-28(27)20-12-11-19-13-21(16-5-3-2-4-6-16)25(31)32-23(19)14-20/h2-15,26H,1H3,(H,29,30). The Morgan fingerprint density at radius 1 is 0.938 bits per heavy atom. The van der Waals surface area contributed by atoms with Crippen molar-refractivity contribution in [3.8, 4) is 11.1 Å². The molecule has 2 N–H and O–H groups in total. The van der Waals surface area contributed by atoms with Gasteiger partial charge in [0.2, 0.25) is 0 Å². The van der Waals surface area contributed by atoms with Crippen LogP contribution < -0.4 is 16.2 Å². The molecule has 1 aliphatic rings. The predicted molar refractivity (Wildman–Crippen MR) is 123 cm³/mol. The summed E-state index contributed by atoms with van der Waals surface area (Å²) in [4.78, 5) is 23.7. The Kier molecular flexibility index (Phi) is 4.63. The Labute approximate surface area is 183 Å². The maximum atomic E-state index is 12.6. The zero-order valence-electron chi connectivity index (χ0n) is 17.1. The number of fused-ring (bicyclic) bond motifs is 1. The number of anilines is 1. The summed E-state index contributed by atoms with van der Waals surface area (Å²) in [5.41, 5.74) is 7.41.